The lowest BCUT2D eigenvalue weighted by molar-refractivity contribution is 0.995. The van der Waals surface area contributed by atoms with Crippen molar-refractivity contribution in [2.24, 2.45) is 0 Å². The Labute approximate surface area is 82.2 Å². The van der Waals surface area contributed by atoms with Crippen LogP contribution in [0.1, 0.15) is 18.3 Å². The monoisotopic (exact) mass is 186 g/mol. The third-order valence-electron chi connectivity index (χ3n) is 2.13. The van der Waals surface area contributed by atoms with Crippen molar-refractivity contribution in [1.29, 1.82) is 5.26 Å². The molecule has 0 radical (unpaired) electrons. The van der Waals surface area contributed by atoms with Crippen LogP contribution in [0.25, 0.3) is 11.4 Å². The number of hydrogen-bond donors (Lipinski definition) is 0. The van der Waals surface area contributed by atoms with Crippen molar-refractivity contribution >= 4 is 0 Å². The van der Waals surface area contributed by atoms with Gasteiger partial charge in [-0.15, -0.1) is 0 Å². The van der Waals surface area contributed by atoms with E-state index in [2.05, 4.69) is 9.97 Å². The van der Waals surface area contributed by atoms with E-state index < -0.39 is 0 Å². The summed E-state index contributed by atoms with van der Waals surface area (Å²) in [5.41, 5.74) is 2.67. The second-order valence-corrected chi connectivity index (χ2v) is 3.18. The van der Waals surface area contributed by atoms with Crippen LogP contribution in [-0.2, 0) is 6.42 Å². The Bertz CT molecular complexity index is 478. The molecule has 2 heterocycles. The van der Waals surface area contributed by atoms with Crippen molar-refractivity contribution < 1.29 is 0 Å². The number of nitrogens with zero attached hydrogens (tertiary/aromatic N) is 4. The predicted octanol–water partition coefficient (Wildman–Crippen LogP) is 1.58. The average molecular weight is 186 g/mol. The van der Waals surface area contributed by atoms with Crippen LogP contribution < -0.4 is 0 Å². The maximum absolute atomic E-state index is 8.75. The highest BCUT2D eigenvalue weighted by molar-refractivity contribution is 5.59. The third kappa shape index (κ3) is 1.23. The molecule has 0 aromatic carbocycles. The highest BCUT2D eigenvalue weighted by atomic mass is 15.0. The Hall–Kier alpha value is -1.89. The van der Waals surface area contributed by atoms with Gasteiger partial charge in [-0.2, -0.15) is 5.26 Å². The van der Waals surface area contributed by atoms with E-state index in [9.17, 15) is 0 Å². The number of rotatable bonds is 1. The number of nitriles is 1. The number of hydrogen-bond acceptors (Lipinski definition) is 3. The summed E-state index contributed by atoms with van der Waals surface area (Å²) < 4.78 is 1.45. The molecule has 2 rings (SSSR count). The zero-order valence-corrected chi connectivity index (χ0v) is 8.15. The fourth-order valence-corrected chi connectivity index (χ4v) is 1.44. The van der Waals surface area contributed by atoms with Gasteiger partial charge in [-0.1, -0.05) is 6.92 Å². The van der Waals surface area contributed by atoms with Gasteiger partial charge in [0.15, 0.2) is 6.19 Å². The molecule has 4 nitrogen and oxygen atoms in total. The Balaban J connectivity index is 2.69. The van der Waals surface area contributed by atoms with Crippen LogP contribution in [0.4, 0.5) is 0 Å². The molecule has 0 saturated heterocycles. The average Bonchev–Trinajstić information content (AvgIpc) is 2.61. The van der Waals surface area contributed by atoms with Crippen molar-refractivity contribution in [2.75, 3.05) is 0 Å². The van der Waals surface area contributed by atoms with Crippen molar-refractivity contribution in [3.63, 3.8) is 0 Å². The first kappa shape index (κ1) is 8.70. The van der Waals surface area contributed by atoms with Gasteiger partial charge < -0.3 is 0 Å². The van der Waals surface area contributed by atoms with E-state index >= 15 is 0 Å². The highest BCUT2D eigenvalue weighted by Crippen LogP contribution is 2.22. The van der Waals surface area contributed by atoms with E-state index in [1.165, 1.54) is 4.57 Å². The Morgan fingerprint density at radius 2 is 2.21 bits per heavy atom. The molecule has 2 aliphatic heterocycles. The maximum Gasteiger partial charge on any atom is 0.188 e. The first-order valence-electron chi connectivity index (χ1n) is 4.50. The van der Waals surface area contributed by atoms with Crippen molar-refractivity contribution in [2.45, 2.75) is 20.3 Å². The van der Waals surface area contributed by atoms with Gasteiger partial charge in [0.2, 0.25) is 0 Å². The van der Waals surface area contributed by atoms with E-state index in [-0.39, 0.29) is 0 Å². The predicted molar refractivity (Wildman–Crippen MR) is 51.8 cm³/mol. The van der Waals surface area contributed by atoms with Crippen molar-refractivity contribution in [1.82, 2.24) is 14.5 Å². The van der Waals surface area contributed by atoms with E-state index in [1.54, 1.807) is 12.4 Å². The van der Waals surface area contributed by atoms with E-state index in [4.69, 9.17) is 5.26 Å². The van der Waals surface area contributed by atoms with Gasteiger partial charge >= 0.3 is 0 Å². The molecule has 14 heavy (non-hydrogen) atoms. The summed E-state index contributed by atoms with van der Waals surface area (Å²) in [6.07, 6.45) is 6.32. The molecular formula is C10H10N4. The molecule has 0 fully saturated rings. The van der Waals surface area contributed by atoms with Gasteiger partial charge in [-0.3, -0.25) is 4.57 Å². The van der Waals surface area contributed by atoms with Gasteiger partial charge in [0.25, 0.3) is 0 Å². The molecule has 0 aliphatic carbocycles. The molecule has 0 saturated carbocycles. The van der Waals surface area contributed by atoms with E-state index in [0.29, 0.717) is 0 Å². The lowest BCUT2D eigenvalue weighted by Crippen LogP contribution is -1.95. The zero-order chi connectivity index (χ0) is 10.1. The van der Waals surface area contributed by atoms with Gasteiger partial charge in [0.1, 0.15) is 11.5 Å². The summed E-state index contributed by atoms with van der Waals surface area (Å²) >= 11 is 0. The van der Waals surface area contributed by atoms with Crippen molar-refractivity contribution in [3.8, 4) is 17.6 Å². The lowest BCUT2D eigenvalue weighted by atomic mass is 10.2. The fourth-order valence-electron chi connectivity index (χ4n) is 1.44. The van der Waals surface area contributed by atoms with E-state index in [0.717, 1.165) is 29.2 Å². The van der Waals surface area contributed by atoms with Crippen LogP contribution in [0, 0.1) is 18.4 Å². The van der Waals surface area contributed by atoms with Gasteiger partial charge in [-0.25, -0.2) is 9.97 Å². The second kappa shape index (κ2) is 3.11. The zero-order valence-electron chi connectivity index (χ0n) is 8.15. The lowest BCUT2D eigenvalue weighted by Gasteiger charge is -2.01. The SMILES string of the molecule is CCc1nc2cn(C#N)cc(C)c-2n1. The Morgan fingerprint density at radius 1 is 1.43 bits per heavy atom. The molecule has 0 aromatic rings. The summed E-state index contributed by atoms with van der Waals surface area (Å²) in [6, 6.07) is 0. The minimum absolute atomic E-state index is 0.795. The van der Waals surface area contributed by atoms with Crippen LogP contribution in [-0.4, -0.2) is 14.5 Å². The van der Waals surface area contributed by atoms with Crippen LogP contribution >= 0.6 is 0 Å². The molecule has 0 N–H and O–H groups in total. The van der Waals surface area contributed by atoms with Crippen LogP contribution in [0.2, 0.25) is 0 Å². The molecule has 2 aliphatic rings. The molecule has 0 bridgehead atoms. The minimum atomic E-state index is 0.795. The van der Waals surface area contributed by atoms with Crippen LogP contribution in [0.3, 0.4) is 0 Å². The first-order chi connectivity index (χ1) is 6.74. The highest BCUT2D eigenvalue weighted by Gasteiger charge is 2.12. The minimum Gasteiger partial charge on any atom is -0.260 e. The number of aromatic nitrogens is 3. The molecular weight excluding hydrogens is 176 g/mol. The molecule has 0 spiro atoms. The van der Waals surface area contributed by atoms with Crippen LogP contribution in [0.5, 0.6) is 0 Å². The van der Waals surface area contributed by atoms with E-state index in [1.807, 2.05) is 20.0 Å². The quantitative estimate of drug-likeness (QED) is 0.679. The Morgan fingerprint density at radius 3 is 2.86 bits per heavy atom. The van der Waals surface area contributed by atoms with Crippen molar-refractivity contribution in [3.05, 3.63) is 23.8 Å². The van der Waals surface area contributed by atoms with Gasteiger partial charge in [0, 0.05) is 18.8 Å². The summed E-state index contributed by atoms with van der Waals surface area (Å²) in [6.45, 7) is 3.95. The molecule has 0 atom stereocenters. The topological polar surface area (TPSA) is 54.5 Å². The maximum atomic E-state index is 8.75. The standard InChI is InChI=1S/C10H10N4/c1-3-9-12-8-5-14(6-11)4-7(2)10(8)13-9/h4-5H,3H2,1-2H3. The van der Waals surface area contributed by atoms with Gasteiger partial charge in [-0.05, 0) is 12.5 Å². The summed E-state index contributed by atoms with van der Waals surface area (Å²) in [5, 5.41) is 8.75. The first-order valence-corrected chi connectivity index (χ1v) is 4.50. The fraction of sp³-hybridized carbons (Fsp3) is 0.300. The number of fused-ring (bicyclic) bond motifs is 1. The Kier molecular flexibility index (Phi) is 1.93. The summed E-state index contributed by atoms with van der Waals surface area (Å²) in [4.78, 5) is 8.69. The molecule has 0 amide bonds. The number of aryl methyl sites for hydroxylation is 2. The van der Waals surface area contributed by atoms with Crippen LogP contribution in [0.15, 0.2) is 12.4 Å². The molecule has 0 aromatic heterocycles. The third-order valence-corrected chi connectivity index (χ3v) is 2.13. The molecule has 70 valence electrons. The molecule has 4 heteroatoms. The summed E-state index contributed by atoms with van der Waals surface area (Å²) in [5.74, 6) is 0.832. The van der Waals surface area contributed by atoms with Gasteiger partial charge in [0.05, 0.1) is 5.69 Å². The summed E-state index contributed by atoms with van der Waals surface area (Å²) in [7, 11) is 0. The largest absolute Gasteiger partial charge is 0.260 e. The number of pyridine rings is 1. The number of imidazole rings is 1. The second-order valence-electron chi connectivity index (χ2n) is 3.18. The molecule has 0 unspecified atom stereocenters. The smallest absolute Gasteiger partial charge is 0.188 e. The normalized spacial score (nSPS) is 10.4.